The van der Waals surface area contributed by atoms with Crippen molar-refractivity contribution in [2.24, 2.45) is 16.8 Å². The average Bonchev–Trinajstić information content (AvgIpc) is 2.37. The molecule has 0 amide bonds. The van der Waals surface area contributed by atoms with E-state index in [0.29, 0.717) is 24.7 Å². The first-order valence-corrected chi connectivity index (χ1v) is 6.33. The lowest BCUT2D eigenvalue weighted by Gasteiger charge is -2.10. The third kappa shape index (κ3) is 5.18. The van der Waals surface area contributed by atoms with Crippen molar-refractivity contribution in [2.75, 3.05) is 19.8 Å². The van der Waals surface area contributed by atoms with E-state index >= 15 is 0 Å². The van der Waals surface area contributed by atoms with Gasteiger partial charge >= 0.3 is 0 Å². The van der Waals surface area contributed by atoms with Gasteiger partial charge in [-0.1, -0.05) is 19.0 Å². The molecule has 5 nitrogen and oxygen atoms in total. The van der Waals surface area contributed by atoms with Gasteiger partial charge in [0, 0.05) is 12.2 Å². The highest BCUT2D eigenvalue weighted by Crippen LogP contribution is 2.17. The summed E-state index contributed by atoms with van der Waals surface area (Å²) in [7, 11) is 0. The molecule has 0 fully saturated rings. The van der Waals surface area contributed by atoms with E-state index in [4.69, 9.17) is 20.4 Å². The van der Waals surface area contributed by atoms with Crippen LogP contribution in [0.2, 0.25) is 0 Å². The number of amidine groups is 1. The maximum absolute atomic E-state index is 8.64. The Bertz CT molecular complexity index is 431. The minimum atomic E-state index is 0.101. The molecule has 0 saturated carbocycles. The molecule has 5 heteroatoms. The number of nitrogens with zero attached hydrogens (tertiary/aromatic N) is 1. The number of hydrogen-bond acceptors (Lipinski definition) is 4. The molecule has 0 unspecified atom stereocenters. The van der Waals surface area contributed by atoms with Crippen molar-refractivity contribution < 1.29 is 14.7 Å². The van der Waals surface area contributed by atoms with Gasteiger partial charge < -0.3 is 20.4 Å². The van der Waals surface area contributed by atoms with E-state index in [-0.39, 0.29) is 5.84 Å². The topological polar surface area (TPSA) is 77.1 Å². The molecule has 0 spiro atoms. The highest BCUT2D eigenvalue weighted by atomic mass is 16.5. The molecule has 3 N–H and O–H groups in total. The Kier molecular flexibility index (Phi) is 6.15. The van der Waals surface area contributed by atoms with Crippen LogP contribution in [-0.2, 0) is 4.74 Å². The molecule has 0 radical (unpaired) electrons. The van der Waals surface area contributed by atoms with Gasteiger partial charge in [0.25, 0.3) is 0 Å². The van der Waals surface area contributed by atoms with Crippen molar-refractivity contribution in [2.45, 2.75) is 20.8 Å². The molecule has 0 bridgehead atoms. The minimum absolute atomic E-state index is 0.101. The van der Waals surface area contributed by atoms with Crippen LogP contribution in [-0.4, -0.2) is 30.9 Å². The van der Waals surface area contributed by atoms with Crippen molar-refractivity contribution >= 4 is 5.84 Å². The Balaban J connectivity index is 2.46. The van der Waals surface area contributed by atoms with Gasteiger partial charge in [-0.2, -0.15) is 0 Å². The molecule has 0 saturated heterocycles. The van der Waals surface area contributed by atoms with Gasteiger partial charge in [-0.25, -0.2) is 0 Å². The number of nitrogens with two attached hydrogens (primary N) is 1. The zero-order valence-electron chi connectivity index (χ0n) is 11.7. The SMILES string of the molecule is Cc1cc(OCCOCC(C)C)ccc1/C(N)=N/O. The summed E-state index contributed by atoms with van der Waals surface area (Å²) in [5, 5.41) is 11.6. The first-order chi connectivity index (χ1) is 9.04. The summed E-state index contributed by atoms with van der Waals surface area (Å²) in [4.78, 5) is 0. The molecular formula is C14H22N2O3. The maximum Gasteiger partial charge on any atom is 0.170 e. The largest absolute Gasteiger partial charge is 0.491 e. The molecule has 0 atom stereocenters. The van der Waals surface area contributed by atoms with E-state index in [1.807, 2.05) is 13.0 Å². The minimum Gasteiger partial charge on any atom is -0.491 e. The lowest BCUT2D eigenvalue weighted by Crippen LogP contribution is -2.15. The van der Waals surface area contributed by atoms with E-state index < -0.39 is 0 Å². The van der Waals surface area contributed by atoms with E-state index in [9.17, 15) is 0 Å². The van der Waals surface area contributed by atoms with Crippen molar-refractivity contribution in [3.63, 3.8) is 0 Å². The second-order valence-electron chi connectivity index (χ2n) is 4.78. The van der Waals surface area contributed by atoms with Crippen molar-refractivity contribution in [1.29, 1.82) is 0 Å². The fourth-order valence-electron chi connectivity index (χ4n) is 1.60. The van der Waals surface area contributed by atoms with Gasteiger partial charge in [-0.15, -0.1) is 0 Å². The Morgan fingerprint density at radius 2 is 2.11 bits per heavy atom. The predicted octanol–water partition coefficient (Wildman–Crippen LogP) is 2.14. The monoisotopic (exact) mass is 266 g/mol. The molecule has 19 heavy (non-hydrogen) atoms. The number of ether oxygens (including phenoxy) is 2. The van der Waals surface area contributed by atoms with Crippen molar-refractivity contribution in [3.05, 3.63) is 29.3 Å². The summed E-state index contributed by atoms with van der Waals surface area (Å²) in [5.74, 6) is 1.38. The van der Waals surface area contributed by atoms with Crippen LogP contribution in [0.25, 0.3) is 0 Å². The first-order valence-electron chi connectivity index (χ1n) is 6.33. The number of hydrogen-bond donors (Lipinski definition) is 2. The molecule has 0 aliphatic heterocycles. The lowest BCUT2D eigenvalue weighted by molar-refractivity contribution is 0.0819. The smallest absolute Gasteiger partial charge is 0.170 e. The van der Waals surface area contributed by atoms with Crippen molar-refractivity contribution in [3.8, 4) is 5.75 Å². The zero-order chi connectivity index (χ0) is 14.3. The summed E-state index contributed by atoms with van der Waals surface area (Å²) in [6, 6.07) is 5.42. The second-order valence-corrected chi connectivity index (χ2v) is 4.78. The highest BCUT2D eigenvalue weighted by Gasteiger charge is 2.05. The molecule has 1 aromatic rings. The fourth-order valence-corrected chi connectivity index (χ4v) is 1.60. The second kappa shape index (κ2) is 7.63. The summed E-state index contributed by atoms with van der Waals surface area (Å²) in [6.07, 6.45) is 0. The highest BCUT2D eigenvalue weighted by molar-refractivity contribution is 5.98. The van der Waals surface area contributed by atoms with E-state index in [2.05, 4.69) is 19.0 Å². The van der Waals surface area contributed by atoms with Crippen LogP contribution in [0, 0.1) is 12.8 Å². The molecule has 1 rings (SSSR count). The lowest BCUT2D eigenvalue weighted by atomic mass is 10.1. The third-order valence-corrected chi connectivity index (χ3v) is 2.53. The quantitative estimate of drug-likeness (QED) is 0.260. The Hall–Kier alpha value is -1.75. The molecule has 0 aliphatic carbocycles. The maximum atomic E-state index is 8.64. The molecule has 0 aromatic heterocycles. The van der Waals surface area contributed by atoms with Crippen LogP contribution in [0.5, 0.6) is 5.75 Å². The van der Waals surface area contributed by atoms with Gasteiger partial charge in [0.05, 0.1) is 6.61 Å². The fraction of sp³-hybridized carbons (Fsp3) is 0.500. The summed E-state index contributed by atoms with van der Waals surface area (Å²) >= 11 is 0. The van der Waals surface area contributed by atoms with Gasteiger partial charge in [0.1, 0.15) is 12.4 Å². The predicted molar refractivity (Wildman–Crippen MR) is 74.8 cm³/mol. The number of benzene rings is 1. The Morgan fingerprint density at radius 1 is 1.37 bits per heavy atom. The van der Waals surface area contributed by atoms with Crippen LogP contribution in [0.4, 0.5) is 0 Å². The normalized spacial score (nSPS) is 11.9. The van der Waals surface area contributed by atoms with E-state index in [1.54, 1.807) is 12.1 Å². The van der Waals surface area contributed by atoms with Gasteiger partial charge in [-0.3, -0.25) is 0 Å². The van der Waals surface area contributed by atoms with Gasteiger partial charge in [0.2, 0.25) is 0 Å². The van der Waals surface area contributed by atoms with E-state index in [1.165, 1.54) is 0 Å². The molecule has 106 valence electrons. The van der Waals surface area contributed by atoms with Crippen molar-refractivity contribution in [1.82, 2.24) is 0 Å². The average molecular weight is 266 g/mol. The standard InChI is InChI=1S/C14H22N2O3/c1-10(2)9-18-6-7-19-12-4-5-13(11(3)8-12)14(15)16-17/h4-5,8,10,17H,6-7,9H2,1-3H3,(H2,15,16). The molecule has 0 aliphatic rings. The number of rotatable bonds is 7. The van der Waals surface area contributed by atoms with Crippen LogP contribution in [0.3, 0.4) is 0 Å². The number of aryl methyl sites for hydroxylation is 1. The zero-order valence-corrected chi connectivity index (χ0v) is 11.7. The summed E-state index contributed by atoms with van der Waals surface area (Å²) in [5.41, 5.74) is 7.15. The van der Waals surface area contributed by atoms with Gasteiger partial charge in [0.15, 0.2) is 5.84 Å². The number of oxime groups is 1. The first kappa shape index (κ1) is 15.3. The summed E-state index contributed by atoms with van der Waals surface area (Å²) < 4.78 is 11.0. The Labute approximate surface area is 114 Å². The third-order valence-electron chi connectivity index (χ3n) is 2.53. The molecule has 0 heterocycles. The molecular weight excluding hydrogens is 244 g/mol. The van der Waals surface area contributed by atoms with Crippen LogP contribution < -0.4 is 10.5 Å². The van der Waals surface area contributed by atoms with Crippen LogP contribution >= 0.6 is 0 Å². The van der Waals surface area contributed by atoms with Crippen LogP contribution in [0.1, 0.15) is 25.0 Å². The molecule has 1 aromatic carbocycles. The van der Waals surface area contributed by atoms with Gasteiger partial charge in [-0.05, 0) is 36.6 Å². The van der Waals surface area contributed by atoms with E-state index in [0.717, 1.165) is 17.9 Å². The van der Waals surface area contributed by atoms with Crippen LogP contribution in [0.15, 0.2) is 23.4 Å². The Morgan fingerprint density at radius 3 is 2.68 bits per heavy atom. The summed E-state index contributed by atoms with van der Waals surface area (Å²) in [6.45, 7) is 7.92.